The molecule has 3 aromatic heterocycles. The van der Waals surface area contributed by atoms with Crippen LogP contribution < -0.4 is 5.32 Å². The molecular weight excluding hydrogens is 348 g/mol. The second kappa shape index (κ2) is 7.25. The van der Waals surface area contributed by atoms with Gasteiger partial charge >= 0.3 is 6.03 Å². The Kier molecular flexibility index (Phi) is 4.66. The number of aromatic nitrogens is 4. The zero-order chi connectivity index (χ0) is 17.9. The molecule has 1 fully saturated rings. The minimum Gasteiger partial charge on any atom is -0.338 e. The van der Waals surface area contributed by atoms with Gasteiger partial charge in [0.2, 0.25) is 0 Å². The lowest BCUT2D eigenvalue weighted by atomic mass is 10.1. The Bertz CT molecular complexity index is 890. The third-order valence-corrected chi connectivity index (χ3v) is 5.41. The molecule has 1 aliphatic rings. The number of carbonyl (C=O) groups is 1. The highest BCUT2D eigenvalue weighted by atomic mass is 32.1. The van der Waals surface area contributed by atoms with E-state index in [1.807, 2.05) is 40.2 Å². The van der Waals surface area contributed by atoms with Crippen LogP contribution in [-0.2, 0) is 13.5 Å². The van der Waals surface area contributed by atoms with Gasteiger partial charge in [0.15, 0.2) is 5.13 Å². The van der Waals surface area contributed by atoms with Gasteiger partial charge in [-0.2, -0.15) is 0 Å². The van der Waals surface area contributed by atoms with Gasteiger partial charge in [-0.05, 0) is 25.0 Å². The summed E-state index contributed by atoms with van der Waals surface area (Å²) < 4.78 is 2.01. The Morgan fingerprint density at radius 2 is 2.35 bits per heavy atom. The molecule has 0 radical (unpaired) electrons. The van der Waals surface area contributed by atoms with Gasteiger partial charge in [-0.1, -0.05) is 0 Å². The first-order valence-corrected chi connectivity index (χ1v) is 9.48. The fourth-order valence-electron chi connectivity index (χ4n) is 3.26. The van der Waals surface area contributed by atoms with E-state index in [4.69, 9.17) is 0 Å². The van der Waals surface area contributed by atoms with Gasteiger partial charge in [0.05, 0.1) is 5.69 Å². The summed E-state index contributed by atoms with van der Waals surface area (Å²) >= 11 is 1.43. The largest absolute Gasteiger partial charge is 0.338 e. The Balaban J connectivity index is 1.43. The van der Waals surface area contributed by atoms with Crippen LogP contribution in [0.1, 0.15) is 18.7 Å². The summed E-state index contributed by atoms with van der Waals surface area (Å²) in [5, 5.41) is 5.49. The van der Waals surface area contributed by atoms with E-state index < -0.39 is 0 Å². The van der Waals surface area contributed by atoms with Crippen molar-refractivity contribution < 1.29 is 4.79 Å². The second-order valence-electron chi connectivity index (χ2n) is 6.36. The molecule has 0 aromatic carbocycles. The third kappa shape index (κ3) is 3.45. The number of imidazole rings is 1. The van der Waals surface area contributed by atoms with Gasteiger partial charge in [-0.3, -0.25) is 10.3 Å². The van der Waals surface area contributed by atoms with E-state index in [9.17, 15) is 4.79 Å². The number of carbonyl (C=O) groups excluding carboxylic acids is 1. The molecule has 0 bridgehead atoms. The van der Waals surface area contributed by atoms with Crippen molar-refractivity contribution in [2.75, 3.05) is 11.9 Å². The maximum atomic E-state index is 12.7. The standard InChI is InChI=1S/C18H20N6OS/c1-23-9-7-20-16(23)10-14-5-3-8-24(14)18(25)22-17-21-15(12-26-17)13-4-2-6-19-11-13/h2,4,6-7,9,11-12,14H,3,5,8,10H2,1H3,(H,21,22,25)/t14-/m1/s1. The predicted molar refractivity (Wildman–Crippen MR) is 101 cm³/mol. The fraction of sp³-hybridized carbons (Fsp3) is 0.333. The molecule has 3 aromatic rings. The minimum absolute atomic E-state index is 0.0891. The Morgan fingerprint density at radius 1 is 1.42 bits per heavy atom. The smallest absolute Gasteiger partial charge is 0.323 e. The van der Waals surface area contributed by atoms with Crippen LogP contribution in [0.25, 0.3) is 11.3 Å². The number of nitrogens with zero attached hydrogens (tertiary/aromatic N) is 5. The molecule has 0 unspecified atom stereocenters. The third-order valence-electron chi connectivity index (χ3n) is 4.65. The summed E-state index contributed by atoms with van der Waals surface area (Å²) in [6.45, 7) is 0.766. The molecule has 26 heavy (non-hydrogen) atoms. The number of hydrogen-bond donors (Lipinski definition) is 1. The van der Waals surface area contributed by atoms with Gasteiger partial charge < -0.3 is 9.47 Å². The van der Waals surface area contributed by atoms with E-state index in [0.717, 1.165) is 42.9 Å². The molecule has 1 aliphatic heterocycles. The van der Waals surface area contributed by atoms with Gasteiger partial charge in [0.25, 0.3) is 0 Å². The molecule has 134 valence electrons. The lowest BCUT2D eigenvalue weighted by Crippen LogP contribution is -2.40. The summed E-state index contributed by atoms with van der Waals surface area (Å²) in [6, 6.07) is 3.92. The lowest BCUT2D eigenvalue weighted by molar-refractivity contribution is 0.205. The number of nitrogens with one attached hydrogen (secondary N) is 1. The molecule has 4 rings (SSSR count). The molecule has 4 heterocycles. The van der Waals surface area contributed by atoms with Crippen LogP contribution in [0.4, 0.5) is 9.93 Å². The van der Waals surface area contributed by atoms with Crippen LogP contribution in [0.15, 0.2) is 42.3 Å². The Hall–Kier alpha value is -2.74. The quantitative estimate of drug-likeness (QED) is 0.767. The number of amides is 2. The highest BCUT2D eigenvalue weighted by Crippen LogP contribution is 2.26. The first-order chi connectivity index (χ1) is 12.7. The molecule has 1 atom stereocenters. The van der Waals surface area contributed by atoms with E-state index in [1.54, 1.807) is 18.6 Å². The van der Waals surface area contributed by atoms with E-state index in [-0.39, 0.29) is 12.1 Å². The maximum Gasteiger partial charge on any atom is 0.323 e. The zero-order valence-corrected chi connectivity index (χ0v) is 15.3. The Morgan fingerprint density at radius 3 is 3.12 bits per heavy atom. The van der Waals surface area contributed by atoms with Crippen molar-refractivity contribution in [3.8, 4) is 11.3 Å². The SMILES string of the molecule is Cn1ccnc1C[C@H]1CCCN1C(=O)Nc1nc(-c2cccnc2)cs1. The summed E-state index contributed by atoms with van der Waals surface area (Å²) in [6.07, 6.45) is 10.0. The van der Waals surface area contributed by atoms with Gasteiger partial charge in [0.1, 0.15) is 5.82 Å². The van der Waals surface area contributed by atoms with Crippen LogP contribution in [-0.4, -0.2) is 43.0 Å². The van der Waals surface area contributed by atoms with E-state index in [2.05, 4.69) is 20.3 Å². The van der Waals surface area contributed by atoms with E-state index in [1.165, 1.54) is 11.3 Å². The molecule has 8 heteroatoms. The van der Waals surface area contributed by atoms with Gasteiger partial charge in [-0.25, -0.2) is 14.8 Å². The van der Waals surface area contributed by atoms with Crippen LogP contribution in [0.3, 0.4) is 0 Å². The number of anilines is 1. The molecule has 1 saturated heterocycles. The van der Waals surface area contributed by atoms with Crippen molar-refractivity contribution in [2.45, 2.75) is 25.3 Å². The Labute approximate surface area is 155 Å². The summed E-state index contributed by atoms with van der Waals surface area (Å²) in [7, 11) is 1.98. The minimum atomic E-state index is -0.0891. The van der Waals surface area contributed by atoms with Gasteiger partial charge in [-0.15, -0.1) is 11.3 Å². The molecule has 2 amide bonds. The van der Waals surface area contributed by atoms with Crippen molar-refractivity contribution >= 4 is 22.5 Å². The summed E-state index contributed by atoms with van der Waals surface area (Å²) in [5.74, 6) is 1.00. The number of thiazole rings is 1. The van der Waals surface area contributed by atoms with Crippen LogP contribution >= 0.6 is 11.3 Å². The highest BCUT2D eigenvalue weighted by Gasteiger charge is 2.30. The average Bonchev–Trinajstić information content (AvgIpc) is 3.38. The predicted octanol–water partition coefficient (Wildman–Crippen LogP) is 3.18. The second-order valence-corrected chi connectivity index (χ2v) is 7.22. The van der Waals surface area contributed by atoms with Crippen LogP contribution in [0.5, 0.6) is 0 Å². The topological polar surface area (TPSA) is 75.9 Å². The number of urea groups is 1. The first kappa shape index (κ1) is 16.7. The molecule has 0 spiro atoms. The fourth-order valence-corrected chi connectivity index (χ4v) is 3.97. The number of aryl methyl sites for hydroxylation is 1. The first-order valence-electron chi connectivity index (χ1n) is 8.60. The maximum absolute atomic E-state index is 12.7. The normalized spacial score (nSPS) is 16.8. The van der Waals surface area contributed by atoms with Crippen LogP contribution in [0.2, 0.25) is 0 Å². The van der Waals surface area contributed by atoms with Crippen molar-refractivity contribution in [1.29, 1.82) is 0 Å². The lowest BCUT2D eigenvalue weighted by Gasteiger charge is -2.24. The van der Waals surface area contributed by atoms with Crippen molar-refractivity contribution in [3.63, 3.8) is 0 Å². The van der Waals surface area contributed by atoms with Gasteiger partial charge in [0, 0.05) is 61.8 Å². The number of pyridine rings is 1. The molecular formula is C18H20N6OS. The number of hydrogen-bond acceptors (Lipinski definition) is 5. The van der Waals surface area contributed by atoms with E-state index >= 15 is 0 Å². The van der Waals surface area contributed by atoms with E-state index in [0.29, 0.717) is 5.13 Å². The molecule has 0 saturated carbocycles. The highest BCUT2D eigenvalue weighted by molar-refractivity contribution is 7.14. The van der Waals surface area contributed by atoms with Crippen molar-refractivity contribution in [2.24, 2.45) is 7.05 Å². The van der Waals surface area contributed by atoms with Crippen molar-refractivity contribution in [1.82, 2.24) is 24.4 Å². The molecule has 0 aliphatic carbocycles. The van der Waals surface area contributed by atoms with Crippen molar-refractivity contribution in [3.05, 3.63) is 48.1 Å². The summed E-state index contributed by atoms with van der Waals surface area (Å²) in [5.41, 5.74) is 1.77. The number of rotatable bonds is 4. The molecule has 7 nitrogen and oxygen atoms in total. The average molecular weight is 368 g/mol. The monoisotopic (exact) mass is 368 g/mol. The zero-order valence-electron chi connectivity index (χ0n) is 14.5. The molecule has 1 N–H and O–H groups in total. The van der Waals surface area contributed by atoms with Crippen LogP contribution in [0, 0.1) is 0 Å². The number of likely N-dealkylation sites (tertiary alicyclic amines) is 1. The summed E-state index contributed by atoms with van der Waals surface area (Å²) in [4.78, 5) is 27.6.